The minimum absolute atomic E-state index is 0.121. The number of hydrogen-bond donors (Lipinski definition) is 1. The fraction of sp³-hybridized carbons (Fsp3) is 0.217. The number of rotatable bonds is 7. The van der Waals surface area contributed by atoms with Crippen molar-refractivity contribution in [2.75, 3.05) is 17.2 Å². The Morgan fingerprint density at radius 2 is 1.83 bits per heavy atom. The van der Waals surface area contributed by atoms with Crippen LogP contribution >= 0.6 is 11.8 Å². The van der Waals surface area contributed by atoms with Crippen molar-refractivity contribution in [1.29, 1.82) is 0 Å². The normalized spacial score (nSPS) is 15.2. The summed E-state index contributed by atoms with van der Waals surface area (Å²) < 4.78 is 5.31. The molecule has 1 aromatic heterocycles. The molecule has 1 N–H and O–H groups in total. The summed E-state index contributed by atoms with van der Waals surface area (Å²) in [6, 6.07) is 20.1. The largest absolute Gasteiger partial charge is 0.468 e. The Kier molecular flexibility index (Phi) is 6.00. The molecule has 0 saturated heterocycles. The maximum Gasteiger partial charge on any atom is 0.259 e. The monoisotopic (exact) mass is 406 g/mol. The van der Waals surface area contributed by atoms with E-state index in [1.807, 2.05) is 54.6 Å². The Hall–Kier alpha value is -2.99. The van der Waals surface area contributed by atoms with Crippen LogP contribution in [0.4, 0.5) is 5.69 Å². The van der Waals surface area contributed by atoms with E-state index in [0.717, 1.165) is 28.5 Å². The highest BCUT2D eigenvalue weighted by atomic mass is 32.2. The molecule has 0 fully saturated rings. The highest BCUT2D eigenvalue weighted by molar-refractivity contribution is 7.98. The molecular formula is C23H22N2O3S. The topological polar surface area (TPSA) is 62.6 Å². The number of thioether (sulfide) groups is 1. The third-order valence-corrected chi connectivity index (χ3v) is 5.87. The first-order valence-corrected chi connectivity index (χ1v) is 10.7. The van der Waals surface area contributed by atoms with Crippen molar-refractivity contribution >= 4 is 29.3 Å². The summed E-state index contributed by atoms with van der Waals surface area (Å²) in [6.45, 7) is 0.546. The number of fused-ring (bicyclic) bond motifs is 1. The second-order valence-corrected chi connectivity index (χ2v) is 7.92. The zero-order chi connectivity index (χ0) is 20.1. The van der Waals surface area contributed by atoms with Crippen molar-refractivity contribution in [3.8, 4) is 0 Å². The number of para-hydroxylation sites is 1. The zero-order valence-corrected chi connectivity index (χ0v) is 16.7. The summed E-state index contributed by atoms with van der Waals surface area (Å²) >= 11 is 1.70. The van der Waals surface area contributed by atoms with Gasteiger partial charge in [0.2, 0.25) is 5.91 Å². The minimum atomic E-state index is -0.532. The van der Waals surface area contributed by atoms with E-state index in [9.17, 15) is 9.59 Å². The zero-order valence-electron chi connectivity index (χ0n) is 15.9. The fourth-order valence-electron chi connectivity index (χ4n) is 3.50. The highest BCUT2D eigenvalue weighted by Gasteiger charge is 2.38. The number of hydrogen-bond acceptors (Lipinski definition) is 4. The molecule has 1 aliphatic rings. The van der Waals surface area contributed by atoms with Crippen LogP contribution in [0.5, 0.6) is 0 Å². The van der Waals surface area contributed by atoms with Gasteiger partial charge in [0, 0.05) is 30.0 Å². The van der Waals surface area contributed by atoms with Crippen molar-refractivity contribution in [2.24, 2.45) is 0 Å². The average Bonchev–Trinajstić information content (AvgIpc) is 3.41. The van der Waals surface area contributed by atoms with Crippen LogP contribution in [0.1, 0.15) is 21.7 Å². The molecule has 2 aromatic carbocycles. The molecule has 2 heterocycles. The molecule has 4 rings (SSSR count). The van der Waals surface area contributed by atoms with Crippen LogP contribution in [-0.4, -0.2) is 30.2 Å². The van der Waals surface area contributed by atoms with E-state index < -0.39 is 6.04 Å². The van der Waals surface area contributed by atoms with Gasteiger partial charge in [0.05, 0.1) is 12.0 Å². The number of furan rings is 1. The first-order chi connectivity index (χ1) is 14.2. The van der Waals surface area contributed by atoms with E-state index >= 15 is 0 Å². The molecule has 0 bridgehead atoms. The van der Waals surface area contributed by atoms with Gasteiger partial charge >= 0.3 is 0 Å². The molecule has 29 heavy (non-hydrogen) atoms. The lowest BCUT2D eigenvalue weighted by Crippen LogP contribution is -2.48. The molecule has 0 radical (unpaired) electrons. The van der Waals surface area contributed by atoms with Crippen molar-refractivity contribution in [3.63, 3.8) is 0 Å². The van der Waals surface area contributed by atoms with Crippen LogP contribution in [0.3, 0.4) is 0 Å². The SMILES string of the molecule is O=C(NCCSCc1ccco1)[C@@H]1Cc2ccccc2N1C(=O)c1ccccc1. The van der Waals surface area contributed by atoms with Gasteiger partial charge in [-0.15, -0.1) is 0 Å². The standard InChI is InChI=1S/C23H22N2O3S/c26-22(24-12-14-29-16-19-10-6-13-28-19)21-15-18-9-4-5-11-20(18)25(21)23(27)17-7-2-1-3-8-17/h1-11,13,21H,12,14-16H2,(H,24,26)/t21-/m0/s1. The van der Waals surface area contributed by atoms with Crippen molar-refractivity contribution in [2.45, 2.75) is 18.2 Å². The fourth-order valence-corrected chi connectivity index (χ4v) is 4.25. The van der Waals surface area contributed by atoms with Gasteiger partial charge in [0.15, 0.2) is 0 Å². The van der Waals surface area contributed by atoms with E-state index in [1.165, 1.54) is 0 Å². The third-order valence-electron chi connectivity index (χ3n) is 4.89. The maximum atomic E-state index is 13.2. The smallest absolute Gasteiger partial charge is 0.259 e. The summed E-state index contributed by atoms with van der Waals surface area (Å²) in [5.41, 5.74) is 2.41. The van der Waals surface area contributed by atoms with Crippen LogP contribution in [0.15, 0.2) is 77.4 Å². The third kappa shape index (κ3) is 4.38. The number of carbonyl (C=O) groups excluding carboxylic acids is 2. The first-order valence-electron chi connectivity index (χ1n) is 9.58. The van der Waals surface area contributed by atoms with Gasteiger partial charge in [-0.2, -0.15) is 11.8 Å². The number of benzene rings is 2. The molecule has 0 saturated carbocycles. The number of anilines is 1. The van der Waals surface area contributed by atoms with Crippen LogP contribution in [0.25, 0.3) is 0 Å². The number of nitrogens with zero attached hydrogens (tertiary/aromatic N) is 1. The van der Waals surface area contributed by atoms with Crippen molar-refractivity contribution < 1.29 is 14.0 Å². The lowest BCUT2D eigenvalue weighted by molar-refractivity contribution is -0.122. The lowest BCUT2D eigenvalue weighted by atomic mass is 10.1. The van der Waals surface area contributed by atoms with Crippen LogP contribution < -0.4 is 10.2 Å². The highest BCUT2D eigenvalue weighted by Crippen LogP contribution is 2.33. The average molecular weight is 407 g/mol. The summed E-state index contributed by atoms with van der Waals surface area (Å²) in [5.74, 6) is 2.20. The Morgan fingerprint density at radius 3 is 2.62 bits per heavy atom. The van der Waals surface area contributed by atoms with Crippen LogP contribution in [-0.2, 0) is 17.0 Å². The van der Waals surface area contributed by atoms with Crippen molar-refractivity contribution in [1.82, 2.24) is 5.32 Å². The predicted octanol–water partition coefficient (Wildman–Crippen LogP) is 3.90. The molecule has 1 atom stereocenters. The Morgan fingerprint density at radius 1 is 1.03 bits per heavy atom. The van der Waals surface area contributed by atoms with Gasteiger partial charge in [-0.25, -0.2) is 0 Å². The summed E-state index contributed by atoms with van der Waals surface area (Å²) in [5, 5.41) is 2.99. The quantitative estimate of drug-likeness (QED) is 0.605. The van der Waals surface area contributed by atoms with E-state index in [2.05, 4.69) is 5.32 Å². The molecule has 0 aliphatic carbocycles. The molecule has 1 aliphatic heterocycles. The Bertz CT molecular complexity index is 973. The molecule has 6 heteroatoms. The van der Waals surface area contributed by atoms with E-state index in [0.29, 0.717) is 18.5 Å². The summed E-state index contributed by atoms with van der Waals surface area (Å²) in [6.07, 6.45) is 2.19. The number of nitrogens with one attached hydrogen (secondary N) is 1. The molecular weight excluding hydrogens is 384 g/mol. The Labute approximate surface area is 174 Å². The van der Waals surface area contributed by atoms with Crippen LogP contribution in [0, 0.1) is 0 Å². The molecule has 0 spiro atoms. The van der Waals surface area contributed by atoms with E-state index in [4.69, 9.17) is 4.42 Å². The molecule has 3 aromatic rings. The maximum absolute atomic E-state index is 13.2. The second-order valence-electron chi connectivity index (χ2n) is 6.81. The molecule has 2 amide bonds. The van der Waals surface area contributed by atoms with Gasteiger partial charge in [-0.1, -0.05) is 36.4 Å². The summed E-state index contributed by atoms with van der Waals surface area (Å²) in [7, 11) is 0. The summed E-state index contributed by atoms with van der Waals surface area (Å²) in [4.78, 5) is 27.7. The molecule has 0 unspecified atom stereocenters. The van der Waals surface area contributed by atoms with Gasteiger partial charge in [0.25, 0.3) is 5.91 Å². The van der Waals surface area contributed by atoms with Crippen molar-refractivity contribution in [3.05, 3.63) is 89.9 Å². The van der Waals surface area contributed by atoms with E-state index in [1.54, 1.807) is 35.1 Å². The minimum Gasteiger partial charge on any atom is -0.468 e. The van der Waals surface area contributed by atoms with E-state index in [-0.39, 0.29) is 11.8 Å². The lowest BCUT2D eigenvalue weighted by Gasteiger charge is -2.25. The Balaban J connectivity index is 1.41. The van der Waals surface area contributed by atoms with Gasteiger partial charge < -0.3 is 9.73 Å². The first kappa shape index (κ1) is 19.3. The number of amides is 2. The number of carbonyl (C=O) groups is 2. The van der Waals surface area contributed by atoms with Gasteiger partial charge in [-0.05, 0) is 35.9 Å². The predicted molar refractivity (Wildman–Crippen MR) is 115 cm³/mol. The molecule has 148 valence electrons. The van der Waals surface area contributed by atoms with Crippen LogP contribution in [0.2, 0.25) is 0 Å². The molecule has 5 nitrogen and oxygen atoms in total. The second kappa shape index (κ2) is 9.01. The van der Waals surface area contributed by atoms with Gasteiger partial charge in [0.1, 0.15) is 11.8 Å². The van der Waals surface area contributed by atoms with Gasteiger partial charge in [-0.3, -0.25) is 14.5 Å².